The minimum atomic E-state index is -4.70. The van der Waals surface area contributed by atoms with E-state index in [2.05, 4.69) is 10.3 Å². The molecule has 1 aromatic heterocycles. The average molecular weight is 746 g/mol. The highest BCUT2D eigenvalue weighted by Crippen LogP contribution is 2.69. The van der Waals surface area contributed by atoms with Crippen molar-refractivity contribution < 1.29 is 45.5 Å². The third-order valence-corrected chi connectivity index (χ3v) is 12.9. The van der Waals surface area contributed by atoms with Crippen LogP contribution in [0.3, 0.4) is 0 Å². The minimum absolute atomic E-state index is 0.140. The van der Waals surface area contributed by atoms with Gasteiger partial charge in [0.15, 0.2) is 6.61 Å². The molecule has 2 bridgehead atoms. The second kappa shape index (κ2) is 12.0. The molecule has 0 radical (unpaired) electrons. The Balaban J connectivity index is 1.11. The maximum atomic E-state index is 14.0. The summed E-state index contributed by atoms with van der Waals surface area (Å²) in [5, 5.41) is 2.62. The number of hydrogen-bond donors (Lipinski definition) is 2. The van der Waals surface area contributed by atoms with Gasteiger partial charge in [-0.25, -0.2) is 0 Å². The fraction of sp³-hybridized carbons (Fsp3) is 0.314. The Kier molecular flexibility index (Phi) is 7.90. The molecule has 2 saturated carbocycles. The second-order valence-electron chi connectivity index (χ2n) is 12.9. The highest BCUT2D eigenvalue weighted by atomic mass is 32.2. The van der Waals surface area contributed by atoms with Gasteiger partial charge in [0.1, 0.15) is 5.75 Å². The maximum absolute atomic E-state index is 14.0. The van der Waals surface area contributed by atoms with Gasteiger partial charge in [0, 0.05) is 21.6 Å². The molecule has 4 aliphatic rings. The van der Waals surface area contributed by atoms with Gasteiger partial charge in [0.05, 0.1) is 39.4 Å². The minimum Gasteiger partial charge on any atom is -0.483 e. The van der Waals surface area contributed by atoms with Gasteiger partial charge in [-0.2, -0.15) is 26.3 Å². The fourth-order valence-electron chi connectivity index (χ4n) is 8.48. The van der Waals surface area contributed by atoms with Crippen molar-refractivity contribution in [1.29, 1.82) is 0 Å². The summed E-state index contributed by atoms with van der Waals surface area (Å²) >= 11 is 2.41. The van der Waals surface area contributed by atoms with Crippen LogP contribution in [0.15, 0.2) is 82.6 Å². The summed E-state index contributed by atoms with van der Waals surface area (Å²) in [6, 6.07) is 15.5. The lowest BCUT2D eigenvalue weighted by Crippen LogP contribution is -2.42. The molecular formula is C35H25F6N3O5S2. The van der Waals surface area contributed by atoms with Crippen LogP contribution in [-0.2, 0) is 26.7 Å². The molecule has 8 nitrogen and oxygen atoms in total. The number of carbonyl (C=O) groups is 3. The van der Waals surface area contributed by atoms with Crippen molar-refractivity contribution in [2.24, 2.45) is 29.6 Å². The van der Waals surface area contributed by atoms with Crippen molar-refractivity contribution in [2.45, 2.75) is 35.0 Å². The van der Waals surface area contributed by atoms with E-state index in [0.717, 1.165) is 46.6 Å². The standard InChI is InChI=1S/C35H25F6N3O5S2/c36-34(37,38)15-6-5-7-16(12-15)44-31(46)26-18-13-19(27(26)32(44)47)28-25(18)24(29-30(50-28)43-33(48)51-29)17-8-1-4-11-22(17)49-14-23(45)42-21-10-3-2-9-20(21)35(39,40)41/h1-12,18-19,24-28H,13-14H2,(H,42,45)(H,43,48)/t18-,19-,24-,25?,26?,27?,28?/m1/s1. The Morgan fingerprint density at radius 2 is 1.59 bits per heavy atom. The zero-order valence-electron chi connectivity index (χ0n) is 26.0. The number of rotatable bonds is 6. The number of aromatic amines is 1. The van der Waals surface area contributed by atoms with E-state index in [0.29, 0.717) is 21.9 Å². The van der Waals surface area contributed by atoms with Crippen molar-refractivity contribution in [3.05, 3.63) is 104 Å². The predicted molar refractivity (Wildman–Crippen MR) is 174 cm³/mol. The lowest BCUT2D eigenvalue weighted by atomic mass is 9.68. The van der Waals surface area contributed by atoms with Gasteiger partial charge >= 0.3 is 17.2 Å². The molecule has 2 aliphatic carbocycles. The molecule has 264 valence electrons. The number of nitrogens with zero attached hydrogens (tertiary/aromatic N) is 1. The first kappa shape index (κ1) is 33.6. The van der Waals surface area contributed by atoms with Gasteiger partial charge in [-0.05, 0) is 60.6 Å². The third kappa shape index (κ3) is 5.53. The normalized spacial score (nSPS) is 26.5. The number of halogens is 6. The number of aromatic nitrogens is 1. The largest absolute Gasteiger partial charge is 0.483 e. The van der Waals surface area contributed by atoms with Crippen LogP contribution in [0.1, 0.15) is 33.9 Å². The van der Waals surface area contributed by atoms with Crippen LogP contribution in [0.25, 0.3) is 0 Å². The molecule has 3 aromatic carbocycles. The number of ether oxygens (including phenoxy) is 1. The average Bonchev–Trinajstić information content (AvgIpc) is 3.82. The third-order valence-electron chi connectivity index (χ3n) is 10.3. The molecule has 3 heterocycles. The molecule has 2 N–H and O–H groups in total. The number of imide groups is 1. The first-order valence-electron chi connectivity index (χ1n) is 15.8. The van der Waals surface area contributed by atoms with E-state index < -0.39 is 71.2 Å². The number of H-pyrrole nitrogens is 1. The second-order valence-corrected chi connectivity index (χ2v) is 15.1. The van der Waals surface area contributed by atoms with Gasteiger partial charge in [-0.3, -0.25) is 24.1 Å². The van der Waals surface area contributed by atoms with E-state index in [1.165, 1.54) is 30.0 Å². The van der Waals surface area contributed by atoms with Crippen molar-refractivity contribution in [1.82, 2.24) is 4.98 Å². The van der Waals surface area contributed by atoms with Gasteiger partial charge in [-0.1, -0.05) is 47.7 Å². The molecular weight excluding hydrogens is 721 g/mol. The summed E-state index contributed by atoms with van der Waals surface area (Å²) in [5.41, 5.74) is -1.97. The molecule has 8 rings (SSSR count). The van der Waals surface area contributed by atoms with Crippen LogP contribution in [0.4, 0.5) is 37.7 Å². The molecule has 3 fully saturated rings. The van der Waals surface area contributed by atoms with Crippen LogP contribution in [-0.4, -0.2) is 34.6 Å². The molecule has 16 heteroatoms. The van der Waals surface area contributed by atoms with Crippen LogP contribution >= 0.6 is 23.1 Å². The summed E-state index contributed by atoms with van der Waals surface area (Å²) in [5.74, 6) is -4.72. The molecule has 4 aromatic rings. The van der Waals surface area contributed by atoms with Crippen molar-refractivity contribution in [2.75, 3.05) is 16.8 Å². The molecule has 51 heavy (non-hydrogen) atoms. The Labute approximate surface area is 293 Å². The predicted octanol–water partition coefficient (Wildman–Crippen LogP) is 7.17. The number of anilines is 2. The van der Waals surface area contributed by atoms with Crippen LogP contribution in [0, 0.1) is 29.6 Å². The van der Waals surface area contributed by atoms with Gasteiger partial charge in [-0.15, -0.1) is 11.8 Å². The maximum Gasteiger partial charge on any atom is 0.418 e. The van der Waals surface area contributed by atoms with E-state index in [-0.39, 0.29) is 39.3 Å². The van der Waals surface area contributed by atoms with E-state index in [1.807, 2.05) is 0 Å². The molecule has 7 atom stereocenters. The smallest absolute Gasteiger partial charge is 0.418 e. The topological polar surface area (TPSA) is 109 Å². The van der Waals surface area contributed by atoms with Gasteiger partial charge < -0.3 is 15.0 Å². The van der Waals surface area contributed by atoms with E-state index in [4.69, 9.17) is 4.74 Å². The number of benzene rings is 3. The first-order valence-corrected chi connectivity index (χ1v) is 17.5. The molecule has 3 amide bonds. The Hall–Kier alpha value is -4.57. The monoisotopic (exact) mass is 745 g/mol. The summed E-state index contributed by atoms with van der Waals surface area (Å²) < 4.78 is 87.1. The quantitative estimate of drug-likeness (QED) is 0.160. The summed E-state index contributed by atoms with van der Waals surface area (Å²) in [6.07, 6.45) is -8.85. The Morgan fingerprint density at radius 1 is 0.882 bits per heavy atom. The van der Waals surface area contributed by atoms with Crippen molar-refractivity contribution in [3.63, 3.8) is 0 Å². The van der Waals surface area contributed by atoms with E-state index in [9.17, 15) is 45.5 Å². The number of thioether (sulfide) groups is 1. The zero-order chi connectivity index (χ0) is 36.0. The lowest BCUT2D eigenvalue weighted by molar-refractivity contribution is -0.138. The highest BCUT2D eigenvalue weighted by molar-refractivity contribution is 8.00. The Morgan fingerprint density at radius 3 is 2.33 bits per heavy atom. The van der Waals surface area contributed by atoms with Crippen LogP contribution in [0.5, 0.6) is 5.75 Å². The molecule has 0 spiro atoms. The number of carbonyl (C=O) groups excluding carboxylic acids is 3. The van der Waals surface area contributed by atoms with Crippen LogP contribution in [0.2, 0.25) is 0 Å². The van der Waals surface area contributed by atoms with Crippen molar-refractivity contribution >= 4 is 52.2 Å². The van der Waals surface area contributed by atoms with Gasteiger partial charge in [0.2, 0.25) is 11.8 Å². The number of fused-ring (bicyclic) bond motifs is 9. The summed E-state index contributed by atoms with van der Waals surface area (Å²) in [4.78, 5) is 57.6. The number of para-hydroxylation sites is 2. The number of hydrogen-bond acceptors (Lipinski definition) is 7. The molecule has 1 saturated heterocycles. The highest BCUT2D eigenvalue weighted by Gasteiger charge is 2.70. The molecule has 4 unspecified atom stereocenters. The van der Waals surface area contributed by atoms with E-state index in [1.54, 1.807) is 24.3 Å². The van der Waals surface area contributed by atoms with Crippen molar-refractivity contribution in [3.8, 4) is 5.75 Å². The van der Waals surface area contributed by atoms with Gasteiger partial charge in [0.25, 0.3) is 5.91 Å². The van der Waals surface area contributed by atoms with Crippen LogP contribution < -0.4 is 19.8 Å². The lowest BCUT2D eigenvalue weighted by Gasteiger charge is -2.43. The fourth-order valence-corrected chi connectivity index (χ4v) is 11.4. The Bertz CT molecular complexity index is 2150. The SMILES string of the molecule is O=C(COc1ccccc1[C@H]1c2sc(=O)[nH]c2SC2C1[C@H]1C[C@@H]2C2C(=O)N(c3cccc(C(F)(F)F)c3)C(=O)C21)Nc1ccccc1C(F)(F)F. The number of amides is 3. The first-order chi connectivity index (χ1) is 24.2. The summed E-state index contributed by atoms with van der Waals surface area (Å²) in [7, 11) is 0. The van der Waals surface area contributed by atoms with E-state index >= 15 is 0 Å². The number of thiazole rings is 1. The molecule has 2 aliphatic heterocycles. The number of nitrogens with one attached hydrogen (secondary N) is 2. The summed E-state index contributed by atoms with van der Waals surface area (Å²) in [6.45, 7) is -0.634. The number of alkyl halides is 6. The zero-order valence-corrected chi connectivity index (χ0v) is 27.6.